The predicted molar refractivity (Wildman–Crippen MR) is 88.6 cm³/mol. The number of hydrogen-bond donors (Lipinski definition) is 1. The lowest BCUT2D eigenvalue weighted by molar-refractivity contribution is 0.127. The van der Waals surface area contributed by atoms with Gasteiger partial charge >= 0.3 is 6.03 Å². The number of urea groups is 1. The fraction of sp³-hybridized carbons (Fsp3) is 0.611. The second-order valence-corrected chi connectivity index (χ2v) is 6.83. The first-order valence-corrected chi connectivity index (χ1v) is 8.81. The SMILES string of the molecule is O=C(NCc1cc(F)ccc1F)N1CCN(CC2CCCC2)CC1. The fourth-order valence-corrected chi connectivity index (χ4v) is 3.65. The Morgan fingerprint density at radius 3 is 2.54 bits per heavy atom. The topological polar surface area (TPSA) is 35.6 Å². The Morgan fingerprint density at radius 1 is 1.12 bits per heavy atom. The van der Waals surface area contributed by atoms with Gasteiger partial charge in [-0.05, 0) is 37.0 Å². The van der Waals surface area contributed by atoms with Crippen molar-refractivity contribution in [1.29, 1.82) is 0 Å². The minimum Gasteiger partial charge on any atom is -0.334 e. The molecule has 1 saturated carbocycles. The molecule has 2 fully saturated rings. The van der Waals surface area contributed by atoms with Crippen molar-refractivity contribution in [2.75, 3.05) is 32.7 Å². The van der Waals surface area contributed by atoms with Crippen LogP contribution < -0.4 is 5.32 Å². The summed E-state index contributed by atoms with van der Waals surface area (Å²) in [6, 6.07) is 3.07. The maximum absolute atomic E-state index is 13.6. The number of benzene rings is 1. The number of carbonyl (C=O) groups is 1. The third-order valence-electron chi connectivity index (χ3n) is 5.09. The van der Waals surface area contributed by atoms with Crippen molar-refractivity contribution in [2.24, 2.45) is 5.92 Å². The van der Waals surface area contributed by atoms with E-state index in [9.17, 15) is 13.6 Å². The summed E-state index contributed by atoms with van der Waals surface area (Å²) in [4.78, 5) is 16.4. The van der Waals surface area contributed by atoms with Crippen LogP contribution in [0.1, 0.15) is 31.2 Å². The second-order valence-electron chi connectivity index (χ2n) is 6.83. The minimum absolute atomic E-state index is 0.00468. The minimum atomic E-state index is -0.502. The molecule has 0 atom stereocenters. The molecule has 24 heavy (non-hydrogen) atoms. The van der Waals surface area contributed by atoms with Gasteiger partial charge in [-0.3, -0.25) is 4.90 Å². The lowest BCUT2D eigenvalue weighted by Crippen LogP contribution is -2.52. The van der Waals surface area contributed by atoms with Gasteiger partial charge in [0, 0.05) is 44.8 Å². The first kappa shape index (κ1) is 17.1. The zero-order valence-corrected chi connectivity index (χ0v) is 13.9. The molecule has 6 heteroatoms. The van der Waals surface area contributed by atoms with E-state index in [0.29, 0.717) is 13.1 Å². The maximum atomic E-state index is 13.6. The smallest absolute Gasteiger partial charge is 0.317 e. The van der Waals surface area contributed by atoms with Crippen molar-refractivity contribution in [3.05, 3.63) is 35.4 Å². The number of nitrogens with zero attached hydrogens (tertiary/aromatic N) is 2. The van der Waals surface area contributed by atoms with Gasteiger partial charge in [-0.15, -0.1) is 0 Å². The maximum Gasteiger partial charge on any atom is 0.317 e. The molecule has 1 N–H and O–H groups in total. The van der Waals surface area contributed by atoms with Gasteiger partial charge < -0.3 is 10.2 Å². The van der Waals surface area contributed by atoms with E-state index in [1.165, 1.54) is 25.7 Å². The molecule has 1 heterocycles. The molecule has 2 aliphatic rings. The molecule has 0 unspecified atom stereocenters. The average Bonchev–Trinajstić information content (AvgIpc) is 3.09. The Bertz CT molecular complexity index is 567. The van der Waals surface area contributed by atoms with Crippen LogP contribution in [0.4, 0.5) is 13.6 Å². The molecule has 1 aliphatic carbocycles. The van der Waals surface area contributed by atoms with Crippen LogP contribution in [0.2, 0.25) is 0 Å². The standard InChI is InChI=1S/C18H25F2N3O/c19-16-5-6-17(20)15(11-16)12-21-18(24)23-9-7-22(8-10-23)13-14-3-1-2-4-14/h5-6,11,14H,1-4,7-10,12-13H2,(H,21,24). The van der Waals surface area contributed by atoms with Crippen LogP contribution in [0.3, 0.4) is 0 Å². The zero-order valence-electron chi connectivity index (χ0n) is 13.9. The molecule has 1 aromatic carbocycles. The van der Waals surface area contributed by atoms with E-state index in [1.54, 1.807) is 4.90 Å². The number of amides is 2. The summed E-state index contributed by atoms with van der Waals surface area (Å²) in [5.74, 6) is -0.180. The quantitative estimate of drug-likeness (QED) is 0.917. The highest BCUT2D eigenvalue weighted by atomic mass is 19.1. The molecule has 1 aromatic rings. The molecule has 0 spiro atoms. The monoisotopic (exact) mass is 337 g/mol. The van der Waals surface area contributed by atoms with E-state index in [-0.39, 0.29) is 18.1 Å². The van der Waals surface area contributed by atoms with Crippen LogP contribution in [-0.4, -0.2) is 48.6 Å². The van der Waals surface area contributed by atoms with Gasteiger partial charge in [0.05, 0.1) is 0 Å². The fourth-order valence-electron chi connectivity index (χ4n) is 3.65. The first-order chi connectivity index (χ1) is 11.6. The van der Waals surface area contributed by atoms with Crippen LogP contribution in [0, 0.1) is 17.6 Å². The van der Waals surface area contributed by atoms with Crippen molar-refractivity contribution < 1.29 is 13.6 Å². The summed E-state index contributed by atoms with van der Waals surface area (Å²) in [5, 5.41) is 2.69. The van der Waals surface area contributed by atoms with Gasteiger partial charge in [0.2, 0.25) is 0 Å². The average molecular weight is 337 g/mol. The highest BCUT2D eigenvalue weighted by Crippen LogP contribution is 2.25. The van der Waals surface area contributed by atoms with E-state index in [0.717, 1.165) is 43.8 Å². The summed E-state index contributed by atoms with van der Waals surface area (Å²) in [6.07, 6.45) is 5.37. The summed E-state index contributed by atoms with van der Waals surface area (Å²) in [6.45, 7) is 4.29. The first-order valence-electron chi connectivity index (χ1n) is 8.81. The van der Waals surface area contributed by atoms with Crippen molar-refractivity contribution in [1.82, 2.24) is 15.1 Å². The number of nitrogens with one attached hydrogen (secondary N) is 1. The third-order valence-corrected chi connectivity index (χ3v) is 5.09. The predicted octanol–water partition coefficient (Wildman–Crippen LogP) is 2.98. The van der Waals surface area contributed by atoms with Crippen LogP contribution in [0.25, 0.3) is 0 Å². The Morgan fingerprint density at radius 2 is 1.83 bits per heavy atom. The highest BCUT2D eigenvalue weighted by molar-refractivity contribution is 5.74. The number of hydrogen-bond acceptors (Lipinski definition) is 2. The Hall–Kier alpha value is -1.69. The largest absolute Gasteiger partial charge is 0.334 e. The van der Waals surface area contributed by atoms with Gasteiger partial charge in [-0.2, -0.15) is 0 Å². The Labute approximate surface area is 141 Å². The van der Waals surface area contributed by atoms with Crippen molar-refractivity contribution >= 4 is 6.03 Å². The van der Waals surface area contributed by atoms with Gasteiger partial charge in [0.1, 0.15) is 11.6 Å². The number of piperazine rings is 1. The van der Waals surface area contributed by atoms with Crippen LogP contribution in [0.15, 0.2) is 18.2 Å². The summed E-state index contributed by atoms with van der Waals surface area (Å²) >= 11 is 0. The zero-order chi connectivity index (χ0) is 16.9. The summed E-state index contributed by atoms with van der Waals surface area (Å²) < 4.78 is 26.7. The van der Waals surface area contributed by atoms with E-state index < -0.39 is 11.6 Å². The van der Waals surface area contributed by atoms with Gasteiger partial charge in [-0.25, -0.2) is 13.6 Å². The molecule has 1 aliphatic heterocycles. The van der Waals surface area contributed by atoms with Crippen LogP contribution >= 0.6 is 0 Å². The Kier molecular flexibility index (Phi) is 5.66. The second kappa shape index (κ2) is 7.92. The third kappa shape index (κ3) is 4.44. The molecule has 0 aromatic heterocycles. The molecule has 2 amide bonds. The Balaban J connectivity index is 1.42. The normalized spacial score (nSPS) is 19.7. The summed E-state index contributed by atoms with van der Waals surface area (Å²) in [7, 11) is 0. The number of halogens is 2. The molecule has 4 nitrogen and oxygen atoms in total. The highest BCUT2D eigenvalue weighted by Gasteiger charge is 2.24. The van der Waals surface area contributed by atoms with Gasteiger partial charge in [0.15, 0.2) is 0 Å². The van der Waals surface area contributed by atoms with Crippen LogP contribution in [0.5, 0.6) is 0 Å². The van der Waals surface area contributed by atoms with E-state index in [4.69, 9.17) is 0 Å². The molecular formula is C18H25F2N3O. The molecule has 1 saturated heterocycles. The van der Waals surface area contributed by atoms with Gasteiger partial charge in [0.25, 0.3) is 0 Å². The molecular weight excluding hydrogens is 312 g/mol. The van der Waals surface area contributed by atoms with E-state index in [2.05, 4.69) is 10.2 Å². The summed E-state index contributed by atoms with van der Waals surface area (Å²) in [5.41, 5.74) is 0.170. The number of carbonyl (C=O) groups excluding carboxylic acids is 1. The van der Waals surface area contributed by atoms with Crippen molar-refractivity contribution in [3.8, 4) is 0 Å². The lowest BCUT2D eigenvalue weighted by atomic mass is 10.1. The molecule has 132 valence electrons. The van der Waals surface area contributed by atoms with Crippen molar-refractivity contribution in [3.63, 3.8) is 0 Å². The van der Waals surface area contributed by atoms with E-state index in [1.807, 2.05) is 0 Å². The molecule has 3 rings (SSSR count). The number of rotatable bonds is 4. The van der Waals surface area contributed by atoms with Crippen LogP contribution in [-0.2, 0) is 6.54 Å². The van der Waals surface area contributed by atoms with Crippen molar-refractivity contribution in [2.45, 2.75) is 32.2 Å². The van der Waals surface area contributed by atoms with E-state index >= 15 is 0 Å². The molecule has 0 radical (unpaired) electrons. The molecule has 0 bridgehead atoms. The lowest BCUT2D eigenvalue weighted by Gasteiger charge is -2.35. The van der Waals surface area contributed by atoms with Gasteiger partial charge in [-0.1, -0.05) is 12.8 Å².